The van der Waals surface area contributed by atoms with Crippen LogP contribution in [0.1, 0.15) is 70.9 Å². The zero-order chi connectivity index (χ0) is 22.8. The minimum Gasteiger partial charge on any atom is -0.490 e. The summed E-state index contributed by atoms with van der Waals surface area (Å²) in [4.78, 5) is 27.4. The molecular formula is C22H35N3O4. The van der Waals surface area contributed by atoms with Crippen molar-refractivity contribution < 1.29 is 19.4 Å². The molecule has 0 radical (unpaired) electrons. The van der Waals surface area contributed by atoms with Crippen LogP contribution in [0.3, 0.4) is 0 Å². The van der Waals surface area contributed by atoms with Gasteiger partial charge in [-0.1, -0.05) is 40.7 Å². The van der Waals surface area contributed by atoms with Gasteiger partial charge in [0.05, 0.1) is 27.8 Å². The van der Waals surface area contributed by atoms with Crippen molar-refractivity contribution in [1.82, 2.24) is 10.3 Å². The molecular weight excluding hydrogens is 370 g/mol. The van der Waals surface area contributed by atoms with Crippen molar-refractivity contribution in [1.29, 1.82) is 0 Å². The Hall–Kier alpha value is -2.83. The molecule has 0 aliphatic rings. The number of hydrogen-bond acceptors (Lipinski definition) is 5. The number of rotatable bonds is 6. The van der Waals surface area contributed by atoms with E-state index in [0.29, 0.717) is 28.8 Å². The lowest BCUT2D eigenvalue weighted by molar-refractivity contribution is -0.122. The van der Waals surface area contributed by atoms with Gasteiger partial charge in [-0.15, -0.1) is 0 Å². The molecule has 29 heavy (non-hydrogen) atoms. The van der Waals surface area contributed by atoms with Crippen molar-refractivity contribution >= 4 is 28.5 Å². The number of carbonyl (C=O) groups excluding carboxylic acids is 1. The quantitative estimate of drug-likeness (QED) is 0.649. The standard InChI is InChI=1S/C18H23N3O4.2C2H6/c1-5-13(22)21-18(3,4)9-25-12-8-6-7-11-15(12)16(19)14(17(23)24)10(2)20-11;2*1-2/h6-8H,5,9H2,1-4H3,(H2,19,20)(H,21,22)(H,23,24);2*1-2H3. The van der Waals surface area contributed by atoms with E-state index in [1.165, 1.54) is 0 Å². The predicted molar refractivity (Wildman–Crippen MR) is 119 cm³/mol. The van der Waals surface area contributed by atoms with Crippen LogP contribution in [0, 0.1) is 6.92 Å². The highest BCUT2D eigenvalue weighted by Crippen LogP contribution is 2.33. The van der Waals surface area contributed by atoms with Gasteiger partial charge in [-0.2, -0.15) is 0 Å². The molecule has 7 heteroatoms. The molecule has 0 aliphatic carbocycles. The number of carboxylic acids is 1. The molecule has 1 amide bonds. The van der Waals surface area contributed by atoms with Crippen molar-refractivity contribution in [2.45, 2.75) is 67.3 Å². The molecule has 0 atom stereocenters. The number of hydrogen-bond donors (Lipinski definition) is 3. The highest BCUT2D eigenvalue weighted by Gasteiger charge is 2.23. The molecule has 1 aromatic heterocycles. The molecule has 1 heterocycles. The summed E-state index contributed by atoms with van der Waals surface area (Å²) < 4.78 is 5.86. The van der Waals surface area contributed by atoms with E-state index in [9.17, 15) is 14.7 Å². The third-order valence-corrected chi connectivity index (χ3v) is 3.79. The molecule has 0 unspecified atom stereocenters. The summed E-state index contributed by atoms with van der Waals surface area (Å²) in [6.45, 7) is 15.3. The van der Waals surface area contributed by atoms with E-state index in [4.69, 9.17) is 10.5 Å². The van der Waals surface area contributed by atoms with Crippen LogP contribution in [0.25, 0.3) is 10.9 Å². The Morgan fingerprint density at radius 2 is 1.79 bits per heavy atom. The topological polar surface area (TPSA) is 115 Å². The Kier molecular flexibility index (Phi) is 10.7. The van der Waals surface area contributed by atoms with Crippen molar-refractivity contribution in [3.05, 3.63) is 29.5 Å². The summed E-state index contributed by atoms with van der Waals surface area (Å²) >= 11 is 0. The number of nitrogens with zero attached hydrogens (tertiary/aromatic N) is 1. The van der Waals surface area contributed by atoms with E-state index in [-0.39, 0.29) is 23.8 Å². The van der Waals surface area contributed by atoms with Gasteiger partial charge in [-0.3, -0.25) is 9.78 Å². The van der Waals surface area contributed by atoms with Gasteiger partial charge in [0.1, 0.15) is 17.9 Å². The number of ether oxygens (including phenoxy) is 1. The summed E-state index contributed by atoms with van der Waals surface area (Å²) in [5.41, 5.74) is 6.52. The Morgan fingerprint density at radius 1 is 1.21 bits per heavy atom. The fraction of sp³-hybridized carbons (Fsp3) is 0.500. The first-order valence-corrected chi connectivity index (χ1v) is 10.0. The lowest BCUT2D eigenvalue weighted by Crippen LogP contribution is -2.47. The van der Waals surface area contributed by atoms with Gasteiger partial charge in [0.15, 0.2) is 0 Å². The number of pyridine rings is 1. The number of anilines is 1. The molecule has 0 saturated carbocycles. The summed E-state index contributed by atoms with van der Waals surface area (Å²) in [7, 11) is 0. The number of nitrogen functional groups attached to an aromatic ring is 1. The zero-order valence-corrected chi connectivity index (χ0v) is 18.8. The fourth-order valence-electron chi connectivity index (χ4n) is 2.59. The molecule has 0 bridgehead atoms. The lowest BCUT2D eigenvalue weighted by Gasteiger charge is -2.26. The van der Waals surface area contributed by atoms with Crippen molar-refractivity contribution in [3.63, 3.8) is 0 Å². The first-order chi connectivity index (χ1) is 13.7. The van der Waals surface area contributed by atoms with Gasteiger partial charge in [0.25, 0.3) is 0 Å². The molecule has 162 valence electrons. The van der Waals surface area contributed by atoms with Crippen molar-refractivity contribution in [2.24, 2.45) is 0 Å². The molecule has 2 aromatic rings. The average Bonchev–Trinajstić information content (AvgIpc) is 2.68. The van der Waals surface area contributed by atoms with Gasteiger partial charge in [0.2, 0.25) is 5.91 Å². The number of amides is 1. The molecule has 1 aromatic carbocycles. The van der Waals surface area contributed by atoms with Crippen molar-refractivity contribution in [2.75, 3.05) is 12.3 Å². The Labute approximate surface area is 173 Å². The van der Waals surface area contributed by atoms with Crippen LogP contribution in [-0.2, 0) is 4.79 Å². The van der Waals surface area contributed by atoms with E-state index >= 15 is 0 Å². The Morgan fingerprint density at radius 3 is 2.31 bits per heavy atom. The van der Waals surface area contributed by atoms with Crippen LogP contribution in [0.15, 0.2) is 18.2 Å². The number of aromatic nitrogens is 1. The maximum absolute atomic E-state index is 11.6. The molecule has 2 rings (SSSR count). The molecule has 0 fully saturated rings. The van der Waals surface area contributed by atoms with E-state index in [1.807, 2.05) is 41.5 Å². The highest BCUT2D eigenvalue weighted by molar-refractivity contribution is 6.06. The first kappa shape index (κ1) is 26.2. The summed E-state index contributed by atoms with van der Waals surface area (Å²) in [6.07, 6.45) is 0.385. The summed E-state index contributed by atoms with van der Waals surface area (Å²) in [5.74, 6) is -0.768. The van der Waals surface area contributed by atoms with Crippen LogP contribution in [-0.4, -0.2) is 34.1 Å². The first-order valence-electron chi connectivity index (χ1n) is 10.0. The molecule has 0 saturated heterocycles. The van der Waals surface area contributed by atoms with Gasteiger partial charge >= 0.3 is 5.97 Å². The van der Waals surface area contributed by atoms with E-state index in [0.717, 1.165) is 0 Å². The van der Waals surface area contributed by atoms with E-state index in [1.54, 1.807) is 32.0 Å². The Bertz CT molecular complexity index is 832. The monoisotopic (exact) mass is 405 g/mol. The Balaban J connectivity index is 0.00000184. The largest absolute Gasteiger partial charge is 0.490 e. The maximum atomic E-state index is 11.6. The number of aromatic carboxylic acids is 1. The maximum Gasteiger partial charge on any atom is 0.339 e. The minimum absolute atomic E-state index is 0.0258. The summed E-state index contributed by atoms with van der Waals surface area (Å²) in [6, 6.07) is 5.22. The zero-order valence-electron chi connectivity index (χ0n) is 18.8. The van der Waals surface area contributed by atoms with E-state index in [2.05, 4.69) is 10.3 Å². The molecule has 4 N–H and O–H groups in total. The average molecular weight is 406 g/mol. The second-order valence-electron chi connectivity index (χ2n) is 6.52. The van der Waals surface area contributed by atoms with Gasteiger partial charge < -0.3 is 20.9 Å². The van der Waals surface area contributed by atoms with Gasteiger partial charge in [-0.05, 0) is 32.9 Å². The fourth-order valence-corrected chi connectivity index (χ4v) is 2.59. The molecule has 0 spiro atoms. The van der Waals surface area contributed by atoms with Crippen LogP contribution < -0.4 is 15.8 Å². The number of carbonyl (C=O) groups is 2. The molecule has 7 nitrogen and oxygen atoms in total. The second kappa shape index (κ2) is 11.9. The molecule has 0 aliphatic heterocycles. The normalized spacial score (nSPS) is 10.2. The third kappa shape index (κ3) is 6.93. The SMILES string of the molecule is CC.CC.CCC(=O)NC(C)(C)COc1cccc2nc(C)c(C(=O)O)c(N)c12. The number of carboxylic acid groups (broad SMARTS) is 1. The number of benzene rings is 1. The van der Waals surface area contributed by atoms with Crippen LogP contribution in [0.4, 0.5) is 5.69 Å². The number of fused-ring (bicyclic) bond motifs is 1. The number of nitrogens with two attached hydrogens (primary N) is 1. The second-order valence-corrected chi connectivity index (χ2v) is 6.52. The van der Waals surface area contributed by atoms with E-state index < -0.39 is 11.5 Å². The van der Waals surface area contributed by atoms with Gasteiger partial charge in [-0.25, -0.2) is 4.79 Å². The predicted octanol–water partition coefficient (Wildman–Crippen LogP) is 4.56. The van der Waals surface area contributed by atoms with Gasteiger partial charge in [0, 0.05) is 6.42 Å². The highest BCUT2D eigenvalue weighted by atomic mass is 16.5. The smallest absolute Gasteiger partial charge is 0.339 e. The summed E-state index contributed by atoms with van der Waals surface area (Å²) in [5, 5.41) is 12.7. The third-order valence-electron chi connectivity index (χ3n) is 3.79. The van der Waals surface area contributed by atoms with Crippen LogP contribution in [0.5, 0.6) is 5.75 Å². The van der Waals surface area contributed by atoms with Crippen LogP contribution in [0.2, 0.25) is 0 Å². The number of nitrogens with one attached hydrogen (secondary N) is 1. The minimum atomic E-state index is -1.13. The van der Waals surface area contributed by atoms with Crippen LogP contribution >= 0.6 is 0 Å². The lowest BCUT2D eigenvalue weighted by atomic mass is 10.0. The number of aryl methyl sites for hydroxylation is 1. The van der Waals surface area contributed by atoms with Crippen molar-refractivity contribution in [3.8, 4) is 5.75 Å².